The third-order valence-corrected chi connectivity index (χ3v) is 5.57. The molecule has 6 N–H and O–H groups in total. The molecule has 0 aromatic heterocycles. The summed E-state index contributed by atoms with van der Waals surface area (Å²) in [6, 6.07) is 8.08. The fraction of sp³-hybridized carbons (Fsp3) is 0.429. The zero-order chi connectivity index (χ0) is 21.6. The number of rotatable bonds is 4. The van der Waals surface area contributed by atoms with Crippen LogP contribution < -0.4 is 9.47 Å². The van der Waals surface area contributed by atoms with Crippen molar-refractivity contribution in [1.82, 2.24) is 0 Å². The van der Waals surface area contributed by atoms with Gasteiger partial charge in [0, 0.05) is 23.6 Å². The Kier molecular flexibility index (Phi) is 5.58. The number of benzene rings is 2. The minimum absolute atomic E-state index is 0.00778. The first-order chi connectivity index (χ1) is 14.3. The molecule has 0 bridgehead atoms. The number of hydrogen-bond donors (Lipinski definition) is 6. The number of aliphatic hydroxyl groups excluding tert-OH is 5. The monoisotopic (exact) mass is 420 g/mol. The number of methoxy groups -OCH3 is 1. The van der Waals surface area contributed by atoms with Crippen LogP contribution in [-0.2, 0) is 11.2 Å². The van der Waals surface area contributed by atoms with E-state index >= 15 is 0 Å². The molecule has 0 saturated carbocycles. The normalized spacial score (nSPS) is 30.3. The number of aromatic hydroxyl groups is 1. The molecule has 1 aliphatic heterocycles. The number of hydrogen-bond acceptors (Lipinski definition) is 9. The van der Waals surface area contributed by atoms with E-state index < -0.39 is 43.4 Å². The summed E-state index contributed by atoms with van der Waals surface area (Å²) in [4.78, 5) is 0. The number of ether oxygens (including phenoxy) is 3. The zero-order valence-electron chi connectivity index (χ0n) is 16.2. The molecule has 1 saturated heterocycles. The smallest absolute Gasteiger partial charge is 0.229 e. The lowest BCUT2D eigenvalue weighted by Gasteiger charge is -2.39. The summed E-state index contributed by atoms with van der Waals surface area (Å²) in [6.45, 7) is -0.569. The summed E-state index contributed by atoms with van der Waals surface area (Å²) in [6.07, 6.45) is -7.65. The van der Waals surface area contributed by atoms with Gasteiger partial charge in [0.05, 0.1) is 19.8 Å². The van der Waals surface area contributed by atoms with E-state index in [0.717, 1.165) is 0 Å². The van der Waals surface area contributed by atoms with Gasteiger partial charge < -0.3 is 44.8 Å². The van der Waals surface area contributed by atoms with Gasteiger partial charge in [0.1, 0.15) is 41.7 Å². The molecule has 1 fully saturated rings. The maximum absolute atomic E-state index is 10.5. The van der Waals surface area contributed by atoms with Crippen molar-refractivity contribution in [3.63, 3.8) is 0 Å². The summed E-state index contributed by atoms with van der Waals surface area (Å²) in [5.41, 5.74) is 2.33. The van der Waals surface area contributed by atoms with Gasteiger partial charge in [0.25, 0.3) is 0 Å². The largest absolute Gasteiger partial charge is 0.507 e. The van der Waals surface area contributed by atoms with Gasteiger partial charge >= 0.3 is 0 Å². The van der Waals surface area contributed by atoms with Gasteiger partial charge in [-0.1, -0.05) is 12.1 Å². The molecule has 1 aliphatic carbocycles. The molecule has 2 aromatic carbocycles. The predicted octanol–water partition coefficient (Wildman–Crippen LogP) is -0.164. The second kappa shape index (κ2) is 8.03. The lowest BCUT2D eigenvalue weighted by Crippen LogP contribution is -2.60. The molecule has 0 spiro atoms. The highest BCUT2D eigenvalue weighted by Crippen LogP contribution is 2.49. The highest BCUT2D eigenvalue weighted by molar-refractivity contribution is 5.84. The standard InChI is InChI=1S/C21H24O9/c1-28-14-7-10(29-21-20(27)19(26)18(25)15(8-22)30-21)5-9-6-13(24)11-3-2-4-12(23)17(11)16(9)14/h2-5,7,13,15,18-27H,6,8H2,1H3/t13-,15-,18-,19+,20-,21-/m1/s1. The van der Waals surface area contributed by atoms with Crippen LogP contribution in [-0.4, -0.2) is 75.1 Å². The van der Waals surface area contributed by atoms with Gasteiger partial charge in [-0.25, -0.2) is 0 Å². The van der Waals surface area contributed by atoms with Gasteiger partial charge in [-0.3, -0.25) is 0 Å². The summed E-state index contributed by atoms with van der Waals surface area (Å²) in [5, 5.41) is 60.3. The minimum Gasteiger partial charge on any atom is -0.507 e. The Bertz CT molecular complexity index is 929. The van der Waals surface area contributed by atoms with Crippen LogP contribution in [0.15, 0.2) is 30.3 Å². The van der Waals surface area contributed by atoms with Crippen molar-refractivity contribution in [2.75, 3.05) is 13.7 Å². The van der Waals surface area contributed by atoms with Gasteiger partial charge in [-0.05, 0) is 23.3 Å². The van der Waals surface area contributed by atoms with E-state index in [1.54, 1.807) is 18.2 Å². The van der Waals surface area contributed by atoms with E-state index in [1.165, 1.54) is 19.2 Å². The summed E-state index contributed by atoms with van der Waals surface area (Å²) in [5.74, 6) is 0.608. The Morgan fingerprint density at radius 2 is 1.80 bits per heavy atom. The lowest BCUT2D eigenvalue weighted by atomic mass is 9.82. The molecule has 0 radical (unpaired) electrons. The van der Waals surface area contributed by atoms with Crippen LogP contribution in [0.1, 0.15) is 17.2 Å². The minimum atomic E-state index is -1.56. The molecular weight excluding hydrogens is 396 g/mol. The maximum Gasteiger partial charge on any atom is 0.229 e. The Labute approximate surface area is 172 Å². The first-order valence-electron chi connectivity index (χ1n) is 9.54. The molecule has 4 rings (SSSR count). The van der Waals surface area contributed by atoms with E-state index in [-0.39, 0.29) is 17.9 Å². The van der Waals surface area contributed by atoms with Crippen LogP contribution in [0, 0.1) is 0 Å². The Morgan fingerprint density at radius 1 is 1.03 bits per heavy atom. The van der Waals surface area contributed by atoms with Crippen molar-refractivity contribution in [3.8, 4) is 28.4 Å². The molecule has 2 aromatic rings. The summed E-state index contributed by atoms with van der Waals surface area (Å²) < 4.78 is 16.6. The number of aliphatic hydroxyl groups is 5. The lowest BCUT2D eigenvalue weighted by molar-refractivity contribution is -0.277. The van der Waals surface area contributed by atoms with Crippen molar-refractivity contribution in [1.29, 1.82) is 0 Å². The topological polar surface area (TPSA) is 149 Å². The highest BCUT2D eigenvalue weighted by Gasteiger charge is 2.45. The van der Waals surface area contributed by atoms with Crippen molar-refractivity contribution in [2.24, 2.45) is 0 Å². The molecule has 162 valence electrons. The molecule has 30 heavy (non-hydrogen) atoms. The van der Waals surface area contributed by atoms with E-state index in [4.69, 9.17) is 14.2 Å². The van der Waals surface area contributed by atoms with Crippen LogP contribution in [0.4, 0.5) is 0 Å². The van der Waals surface area contributed by atoms with Crippen LogP contribution in [0.5, 0.6) is 17.2 Å². The second-order valence-electron chi connectivity index (χ2n) is 7.44. The zero-order valence-corrected chi connectivity index (χ0v) is 16.2. The first-order valence-corrected chi connectivity index (χ1v) is 9.54. The van der Waals surface area contributed by atoms with Crippen molar-refractivity contribution in [2.45, 2.75) is 43.2 Å². The third-order valence-electron chi connectivity index (χ3n) is 5.57. The van der Waals surface area contributed by atoms with Crippen LogP contribution in [0.25, 0.3) is 11.1 Å². The molecular formula is C21H24O9. The Balaban J connectivity index is 1.71. The van der Waals surface area contributed by atoms with E-state index in [9.17, 15) is 30.6 Å². The van der Waals surface area contributed by atoms with Crippen molar-refractivity contribution < 1.29 is 44.8 Å². The molecule has 0 amide bonds. The van der Waals surface area contributed by atoms with E-state index in [0.29, 0.717) is 28.0 Å². The SMILES string of the molecule is COc1cc(O[C@@H]2O[C@H](CO)[C@@H](O)[C@H](O)[C@H]2O)cc2c1-c1c(O)cccc1[C@H](O)C2. The van der Waals surface area contributed by atoms with Crippen LogP contribution >= 0.6 is 0 Å². The van der Waals surface area contributed by atoms with Gasteiger partial charge in [0.15, 0.2) is 0 Å². The number of phenolic OH excluding ortho intramolecular Hbond substituents is 1. The second-order valence-corrected chi connectivity index (χ2v) is 7.44. The van der Waals surface area contributed by atoms with Crippen LogP contribution in [0.2, 0.25) is 0 Å². The van der Waals surface area contributed by atoms with E-state index in [2.05, 4.69) is 0 Å². The average molecular weight is 420 g/mol. The number of phenols is 1. The molecule has 6 atom stereocenters. The van der Waals surface area contributed by atoms with Crippen LogP contribution in [0.3, 0.4) is 0 Å². The Morgan fingerprint density at radius 3 is 2.50 bits per heavy atom. The molecule has 2 aliphatic rings. The van der Waals surface area contributed by atoms with Gasteiger partial charge in [0.2, 0.25) is 6.29 Å². The fourth-order valence-corrected chi connectivity index (χ4v) is 4.04. The quantitative estimate of drug-likeness (QED) is 0.397. The predicted molar refractivity (Wildman–Crippen MR) is 103 cm³/mol. The van der Waals surface area contributed by atoms with Gasteiger partial charge in [-0.2, -0.15) is 0 Å². The first kappa shape index (κ1) is 20.9. The Hall–Kier alpha value is -2.40. The molecule has 1 heterocycles. The summed E-state index contributed by atoms with van der Waals surface area (Å²) >= 11 is 0. The third kappa shape index (κ3) is 3.39. The van der Waals surface area contributed by atoms with Crippen molar-refractivity contribution >= 4 is 0 Å². The maximum atomic E-state index is 10.5. The number of fused-ring (bicyclic) bond motifs is 3. The van der Waals surface area contributed by atoms with Crippen molar-refractivity contribution in [3.05, 3.63) is 41.5 Å². The molecule has 9 nitrogen and oxygen atoms in total. The average Bonchev–Trinajstić information content (AvgIpc) is 2.73. The molecule has 9 heteroatoms. The summed E-state index contributed by atoms with van der Waals surface area (Å²) in [7, 11) is 1.46. The fourth-order valence-electron chi connectivity index (χ4n) is 4.04. The molecule has 0 unspecified atom stereocenters. The van der Waals surface area contributed by atoms with Gasteiger partial charge in [-0.15, -0.1) is 0 Å². The highest BCUT2D eigenvalue weighted by atomic mass is 16.7. The van der Waals surface area contributed by atoms with E-state index in [1.807, 2.05) is 0 Å².